The summed E-state index contributed by atoms with van der Waals surface area (Å²) in [6.07, 6.45) is 8.10. The first kappa shape index (κ1) is 26.3. The number of ether oxygens (including phenoxy) is 1. The normalized spacial score (nSPS) is 15.1. The van der Waals surface area contributed by atoms with Gasteiger partial charge in [-0.25, -0.2) is 0 Å². The Labute approximate surface area is 218 Å². The standard InChI is InChI=1S/C29H35N5O3/c1-5-34-25-8-7-24(19-26(25)32(4)27(35)29(2,3)28(34)36)37-18-6-17-33(20-22-9-13-30-14-10-22)21-23-11-15-31-16-12-23/h7-16,19H,5-6,17-18,20-21H2,1-4H3. The SMILES string of the molecule is CCN1C(=O)C(C)(C)C(=O)N(C)c2cc(OCCCN(Cc3ccncc3)Cc3ccncc3)ccc21. The molecule has 0 atom stereocenters. The van der Waals surface area contributed by atoms with E-state index in [2.05, 4.69) is 14.9 Å². The third-order valence-electron chi connectivity index (χ3n) is 6.73. The zero-order valence-electron chi connectivity index (χ0n) is 22.1. The van der Waals surface area contributed by atoms with Crippen LogP contribution in [0.5, 0.6) is 5.75 Å². The lowest BCUT2D eigenvalue weighted by atomic mass is 9.90. The largest absolute Gasteiger partial charge is 0.493 e. The molecule has 3 heterocycles. The smallest absolute Gasteiger partial charge is 0.242 e. The van der Waals surface area contributed by atoms with Crippen LogP contribution in [-0.4, -0.2) is 53.4 Å². The number of hydrogen-bond donors (Lipinski definition) is 0. The van der Waals surface area contributed by atoms with E-state index in [1.807, 2.05) is 74.2 Å². The molecule has 8 nitrogen and oxygen atoms in total. The first-order valence-electron chi connectivity index (χ1n) is 12.7. The van der Waals surface area contributed by atoms with Crippen LogP contribution < -0.4 is 14.5 Å². The minimum Gasteiger partial charge on any atom is -0.493 e. The third-order valence-corrected chi connectivity index (χ3v) is 6.73. The molecule has 0 saturated heterocycles. The summed E-state index contributed by atoms with van der Waals surface area (Å²) >= 11 is 0. The van der Waals surface area contributed by atoms with E-state index < -0.39 is 5.41 Å². The van der Waals surface area contributed by atoms with Gasteiger partial charge in [0.05, 0.1) is 18.0 Å². The van der Waals surface area contributed by atoms with Gasteiger partial charge in [-0.15, -0.1) is 0 Å². The second kappa shape index (κ2) is 11.5. The fourth-order valence-corrected chi connectivity index (χ4v) is 4.66. The van der Waals surface area contributed by atoms with Crippen LogP contribution in [0.1, 0.15) is 38.3 Å². The van der Waals surface area contributed by atoms with Crippen molar-refractivity contribution in [2.75, 3.05) is 36.5 Å². The summed E-state index contributed by atoms with van der Waals surface area (Å²) in [4.78, 5) is 40.0. The second-order valence-electron chi connectivity index (χ2n) is 9.81. The predicted molar refractivity (Wildman–Crippen MR) is 144 cm³/mol. The van der Waals surface area contributed by atoms with Gasteiger partial charge in [0.15, 0.2) is 0 Å². The van der Waals surface area contributed by atoms with Crippen molar-refractivity contribution in [3.05, 3.63) is 78.4 Å². The molecule has 4 rings (SSSR count). The van der Waals surface area contributed by atoms with Crippen LogP contribution in [0.4, 0.5) is 11.4 Å². The zero-order valence-corrected chi connectivity index (χ0v) is 22.1. The number of amides is 2. The van der Waals surface area contributed by atoms with E-state index >= 15 is 0 Å². The van der Waals surface area contributed by atoms with Crippen molar-refractivity contribution in [3.63, 3.8) is 0 Å². The number of benzene rings is 1. The monoisotopic (exact) mass is 501 g/mol. The van der Waals surface area contributed by atoms with Crippen LogP contribution in [0, 0.1) is 5.41 Å². The Balaban J connectivity index is 1.42. The first-order chi connectivity index (χ1) is 17.8. The number of anilines is 2. The molecule has 37 heavy (non-hydrogen) atoms. The van der Waals surface area contributed by atoms with Crippen molar-refractivity contribution in [1.82, 2.24) is 14.9 Å². The van der Waals surface area contributed by atoms with E-state index in [1.54, 1.807) is 30.7 Å². The summed E-state index contributed by atoms with van der Waals surface area (Å²) in [6, 6.07) is 13.7. The molecule has 1 aliphatic heterocycles. The minimum absolute atomic E-state index is 0.192. The summed E-state index contributed by atoms with van der Waals surface area (Å²) in [5.41, 5.74) is 2.70. The highest BCUT2D eigenvalue weighted by Gasteiger charge is 2.45. The molecule has 1 aliphatic rings. The van der Waals surface area contributed by atoms with Crippen LogP contribution in [0.25, 0.3) is 0 Å². The van der Waals surface area contributed by atoms with Gasteiger partial charge >= 0.3 is 0 Å². The van der Waals surface area contributed by atoms with E-state index in [-0.39, 0.29) is 11.8 Å². The Morgan fingerprint density at radius 2 is 1.46 bits per heavy atom. The maximum Gasteiger partial charge on any atom is 0.242 e. The highest BCUT2D eigenvalue weighted by molar-refractivity contribution is 6.20. The number of nitrogens with zero attached hydrogens (tertiary/aromatic N) is 5. The Kier molecular flexibility index (Phi) is 8.18. The lowest BCUT2D eigenvalue weighted by Crippen LogP contribution is -2.47. The maximum atomic E-state index is 13.1. The maximum absolute atomic E-state index is 13.1. The van der Waals surface area contributed by atoms with Crippen LogP contribution in [-0.2, 0) is 22.7 Å². The van der Waals surface area contributed by atoms with Crippen molar-refractivity contribution < 1.29 is 14.3 Å². The van der Waals surface area contributed by atoms with Gasteiger partial charge in [-0.3, -0.25) is 24.5 Å². The van der Waals surface area contributed by atoms with Gasteiger partial charge in [-0.2, -0.15) is 0 Å². The highest BCUT2D eigenvalue weighted by Crippen LogP contribution is 2.40. The molecule has 3 aromatic rings. The first-order valence-corrected chi connectivity index (χ1v) is 12.7. The Hall–Kier alpha value is -3.78. The minimum atomic E-state index is -1.13. The van der Waals surface area contributed by atoms with Crippen LogP contribution in [0.2, 0.25) is 0 Å². The van der Waals surface area contributed by atoms with Crippen molar-refractivity contribution in [2.45, 2.75) is 40.3 Å². The molecule has 2 amide bonds. The van der Waals surface area contributed by atoms with Crippen LogP contribution >= 0.6 is 0 Å². The zero-order chi connectivity index (χ0) is 26.4. The number of carbonyl (C=O) groups is 2. The molecular weight excluding hydrogens is 466 g/mol. The topological polar surface area (TPSA) is 78.9 Å². The molecule has 194 valence electrons. The summed E-state index contributed by atoms with van der Waals surface area (Å²) in [6.45, 7) is 8.78. The molecular formula is C29H35N5O3. The lowest BCUT2D eigenvalue weighted by molar-refractivity contribution is -0.137. The Bertz CT molecular complexity index is 1180. The molecule has 8 heteroatoms. The molecule has 0 fully saturated rings. The summed E-state index contributed by atoms with van der Waals surface area (Å²) in [7, 11) is 1.72. The van der Waals surface area contributed by atoms with Gasteiger partial charge in [0.2, 0.25) is 11.8 Å². The molecule has 0 saturated carbocycles. The molecule has 2 aromatic heterocycles. The van der Waals surface area contributed by atoms with Crippen molar-refractivity contribution >= 4 is 23.2 Å². The van der Waals surface area contributed by atoms with Crippen LogP contribution in [0.3, 0.4) is 0 Å². The van der Waals surface area contributed by atoms with Gasteiger partial charge in [0.25, 0.3) is 0 Å². The van der Waals surface area contributed by atoms with Crippen LogP contribution in [0.15, 0.2) is 67.3 Å². The molecule has 1 aromatic carbocycles. The highest BCUT2D eigenvalue weighted by atomic mass is 16.5. The van der Waals surface area contributed by atoms with Crippen molar-refractivity contribution in [3.8, 4) is 5.75 Å². The van der Waals surface area contributed by atoms with Gasteiger partial charge in [-0.05, 0) is 74.7 Å². The summed E-state index contributed by atoms with van der Waals surface area (Å²) in [5.74, 6) is 0.258. The summed E-state index contributed by atoms with van der Waals surface area (Å²) in [5, 5.41) is 0. The van der Waals surface area contributed by atoms with Crippen molar-refractivity contribution in [1.29, 1.82) is 0 Å². The molecule has 0 bridgehead atoms. The van der Waals surface area contributed by atoms with E-state index in [4.69, 9.17) is 4.74 Å². The van der Waals surface area contributed by atoms with E-state index in [0.29, 0.717) is 24.6 Å². The molecule has 0 unspecified atom stereocenters. The van der Waals surface area contributed by atoms with Crippen molar-refractivity contribution in [2.24, 2.45) is 5.41 Å². The average Bonchev–Trinajstić information content (AvgIpc) is 2.96. The second-order valence-corrected chi connectivity index (χ2v) is 9.81. The number of rotatable bonds is 10. The van der Waals surface area contributed by atoms with E-state index in [9.17, 15) is 9.59 Å². The summed E-state index contributed by atoms with van der Waals surface area (Å²) < 4.78 is 6.11. The predicted octanol–water partition coefficient (Wildman–Crippen LogP) is 4.30. The number of fused-ring (bicyclic) bond motifs is 1. The van der Waals surface area contributed by atoms with Gasteiger partial charge in [0.1, 0.15) is 11.2 Å². The molecule has 0 radical (unpaired) electrons. The molecule has 0 aliphatic carbocycles. The number of aromatic nitrogens is 2. The fourth-order valence-electron chi connectivity index (χ4n) is 4.66. The number of hydrogen-bond acceptors (Lipinski definition) is 6. The average molecular weight is 502 g/mol. The number of pyridine rings is 2. The quantitative estimate of drug-likeness (QED) is 0.304. The number of carbonyl (C=O) groups excluding carboxylic acids is 2. The van der Waals surface area contributed by atoms with Gasteiger partial charge in [0, 0.05) is 64.1 Å². The fraction of sp³-hybridized carbons (Fsp3) is 0.379. The van der Waals surface area contributed by atoms with E-state index in [0.717, 1.165) is 31.7 Å². The molecule has 0 N–H and O–H groups in total. The Morgan fingerprint density at radius 1 is 0.865 bits per heavy atom. The lowest BCUT2D eigenvalue weighted by Gasteiger charge is -2.27. The van der Waals surface area contributed by atoms with Gasteiger partial charge in [-0.1, -0.05) is 0 Å². The Morgan fingerprint density at radius 3 is 2.03 bits per heavy atom. The van der Waals surface area contributed by atoms with E-state index in [1.165, 1.54) is 11.1 Å². The third kappa shape index (κ3) is 5.97. The molecule has 0 spiro atoms. The van der Waals surface area contributed by atoms with Gasteiger partial charge < -0.3 is 14.5 Å².